The Morgan fingerprint density at radius 3 is 1.88 bits per heavy atom. The van der Waals surface area contributed by atoms with Crippen LogP contribution in [-0.4, -0.2) is 75.6 Å². The molecular weight excluding hydrogens is 453 g/mol. The van der Waals surface area contributed by atoms with Crippen LogP contribution in [0.15, 0.2) is 0 Å². The molecule has 0 aromatic heterocycles. The summed E-state index contributed by atoms with van der Waals surface area (Å²) in [7, 11) is 2.13. The molecule has 1 N–H and O–H groups in total. The van der Waals surface area contributed by atoms with Crippen LogP contribution < -0.4 is 0 Å². The van der Waals surface area contributed by atoms with Crippen molar-refractivity contribution < 1.29 is 32.7 Å². The number of hydrogen-bond acceptors (Lipinski definition) is 5. The highest BCUT2D eigenvalue weighted by atomic mass is 31.2. The number of unbranched alkanes of at least 4 members (excludes halogenated alkanes) is 11. The molecule has 0 radical (unpaired) electrons. The molecular formula is C26H55NO6P+. The Morgan fingerprint density at radius 1 is 0.853 bits per heavy atom. The lowest BCUT2D eigenvalue weighted by Crippen LogP contribution is -2.37. The molecule has 0 aliphatic rings. The molecule has 0 heterocycles. The second-order valence-corrected chi connectivity index (χ2v) is 12.8. The van der Waals surface area contributed by atoms with Gasteiger partial charge in [0.15, 0.2) is 0 Å². The number of carbonyl (C=O) groups is 1. The lowest BCUT2D eigenvalue weighted by Gasteiger charge is -2.25. The molecule has 204 valence electrons. The predicted octanol–water partition coefficient (Wildman–Crippen LogP) is 6.18. The van der Waals surface area contributed by atoms with Gasteiger partial charge in [-0.25, -0.2) is 0 Å². The first kappa shape index (κ1) is 33.5. The number of nitrogens with zero attached hydrogens (tertiary/aromatic N) is 1. The molecule has 34 heavy (non-hydrogen) atoms. The molecule has 0 amide bonds. The van der Waals surface area contributed by atoms with Gasteiger partial charge in [0.1, 0.15) is 6.10 Å². The molecule has 0 aliphatic heterocycles. The lowest BCUT2D eigenvalue weighted by molar-refractivity contribution is -0.867. The summed E-state index contributed by atoms with van der Waals surface area (Å²) in [6.45, 7) is 5.88. The fourth-order valence-electron chi connectivity index (χ4n) is 3.71. The third kappa shape index (κ3) is 23.3. The summed E-state index contributed by atoms with van der Waals surface area (Å²) < 4.78 is 28.6. The Morgan fingerprint density at radius 2 is 1.38 bits per heavy atom. The predicted molar refractivity (Wildman–Crippen MR) is 140 cm³/mol. The highest BCUT2D eigenvalue weighted by molar-refractivity contribution is 7.52. The molecule has 0 fully saturated rings. The van der Waals surface area contributed by atoms with E-state index in [4.69, 9.17) is 14.0 Å². The summed E-state index contributed by atoms with van der Waals surface area (Å²) >= 11 is 0. The number of carbonyl (C=O) groups excluding carboxylic acids is 1. The van der Waals surface area contributed by atoms with Crippen molar-refractivity contribution in [3.05, 3.63) is 0 Å². The van der Waals surface area contributed by atoms with Crippen molar-refractivity contribution in [2.45, 2.75) is 103 Å². The zero-order valence-electron chi connectivity index (χ0n) is 22.8. The Bertz CT molecular complexity index is 526. The van der Waals surface area contributed by atoms with Crippen LogP contribution in [0.25, 0.3) is 0 Å². The van der Waals surface area contributed by atoms with Gasteiger partial charge in [0, 0.05) is 6.61 Å². The maximum absolute atomic E-state index is 12.2. The summed E-state index contributed by atoms with van der Waals surface area (Å²) in [4.78, 5) is 20.8. The first-order valence-corrected chi connectivity index (χ1v) is 15.3. The lowest BCUT2D eigenvalue weighted by atomic mass is 10.0. The number of ether oxygens (including phenoxy) is 2. The fraction of sp³-hybridized carbons (Fsp3) is 0.962. The van der Waals surface area contributed by atoms with Crippen LogP contribution in [0, 0.1) is 5.92 Å². The highest BCUT2D eigenvalue weighted by Crippen LogP contribution is 2.41. The highest BCUT2D eigenvalue weighted by Gasteiger charge is 2.25. The number of hydrogen-bond donors (Lipinski definition) is 1. The molecule has 7 nitrogen and oxygen atoms in total. The van der Waals surface area contributed by atoms with Gasteiger partial charge in [0.2, 0.25) is 0 Å². The van der Waals surface area contributed by atoms with E-state index >= 15 is 0 Å². The van der Waals surface area contributed by atoms with Crippen molar-refractivity contribution in [3.8, 4) is 0 Å². The molecule has 0 aromatic rings. The van der Waals surface area contributed by atoms with E-state index in [2.05, 4.69) is 13.8 Å². The van der Waals surface area contributed by atoms with Crippen LogP contribution in [0.3, 0.4) is 0 Å². The second kappa shape index (κ2) is 20.7. The maximum atomic E-state index is 12.2. The summed E-state index contributed by atoms with van der Waals surface area (Å²) in [5.74, 6) is 0.425. The van der Waals surface area contributed by atoms with Crippen molar-refractivity contribution in [3.63, 3.8) is 0 Å². The van der Waals surface area contributed by atoms with E-state index in [0.717, 1.165) is 6.42 Å². The quantitative estimate of drug-likeness (QED) is 0.0686. The van der Waals surface area contributed by atoms with Gasteiger partial charge in [-0.3, -0.25) is 9.36 Å². The molecule has 0 rings (SSSR count). The van der Waals surface area contributed by atoms with Crippen molar-refractivity contribution in [2.24, 2.45) is 5.92 Å². The minimum Gasteiger partial charge on any atom is -0.460 e. The first-order valence-electron chi connectivity index (χ1n) is 13.5. The number of quaternary nitrogens is 1. The second-order valence-electron chi connectivity index (χ2n) is 10.8. The van der Waals surface area contributed by atoms with Gasteiger partial charge in [-0.1, -0.05) is 90.9 Å². The van der Waals surface area contributed by atoms with Crippen LogP contribution in [0.1, 0.15) is 97.3 Å². The normalized spacial score (nSPS) is 15.6. The summed E-state index contributed by atoms with van der Waals surface area (Å²) in [5, 5.41) is 0. The van der Waals surface area contributed by atoms with Crippen LogP contribution in [0.2, 0.25) is 0 Å². The Hall–Kier alpha value is -0.460. The molecule has 0 saturated heterocycles. The molecule has 3 atom stereocenters. The minimum atomic E-state index is -3.72. The van der Waals surface area contributed by atoms with Crippen molar-refractivity contribution in [1.29, 1.82) is 0 Å². The van der Waals surface area contributed by atoms with Crippen LogP contribution >= 0.6 is 7.60 Å². The molecule has 0 spiro atoms. The van der Waals surface area contributed by atoms with Crippen molar-refractivity contribution in [2.75, 3.05) is 53.7 Å². The van der Waals surface area contributed by atoms with Crippen LogP contribution in [0.4, 0.5) is 0 Å². The monoisotopic (exact) mass is 508 g/mol. The van der Waals surface area contributed by atoms with E-state index < -0.39 is 13.7 Å². The third-order valence-electron chi connectivity index (χ3n) is 6.02. The summed E-state index contributed by atoms with van der Waals surface area (Å²) in [6, 6.07) is 0. The average Bonchev–Trinajstić information content (AvgIpc) is 2.76. The van der Waals surface area contributed by atoms with Gasteiger partial charge in [-0.05, 0) is 12.3 Å². The van der Waals surface area contributed by atoms with Gasteiger partial charge in [-0.2, -0.15) is 0 Å². The van der Waals surface area contributed by atoms with Gasteiger partial charge < -0.3 is 23.4 Å². The molecule has 0 aliphatic carbocycles. The Kier molecular flexibility index (Phi) is 20.4. The van der Waals surface area contributed by atoms with Crippen LogP contribution in [-0.2, 0) is 23.4 Å². The van der Waals surface area contributed by atoms with Gasteiger partial charge in [0.05, 0.1) is 47.1 Å². The van der Waals surface area contributed by atoms with Crippen molar-refractivity contribution in [1.82, 2.24) is 0 Å². The van der Waals surface area contributed by atoms with E-state index in [1.54, 1.807) is 0 Å². The SMILES string of the molecule is CCCCCCCCCCCCCCC(C)COCC(COP(=O)(O)CC[N+](C)(C)C)OC=O. The van der Waals surface area contributed by atoms with E-state index in [-0.39, 0.29) is 19.4 Å². The minimum absolute atomic E-state index is 0.0568. The average molecular weight is 509 g/mol. The standard InChI is InChI=1S/C26H54NO6P/c1-6-7-8-9-10-11-12-13-14-15-16-17-18-25(2)21-31-22-26(32-24-28)23-33-34(29,30)20-19-27(3,4)5/h24-26H,6-23H2,1-5H3/p+1. The number of rotatable bonds is 25. The van der Waals surface area contributed by atoms with Gasteiger partial charge >= 0.3 is 7.60 Å². The maximum Gasteiger partial charge on any atom is 0.333 e. The van der Waals surface area contributed by atoms with E-state index in [9.17, 15) is 14.3 Å². The van der Waals surface area contributed by atoms with Crippen LogP contribution in [0.5, 0.6) is 0 Å². The fourth-order valence-corrected chi connectivity index (χ4v) is 5.09. The van der Waals surface area contributed by atoms with E-state index in [1.165, 1.54) is 77.0 Å². The van der Waals surface area contributed by atoms with E-state index in [1.807, 2.05) is 21.1 Å². The van der Waals surface area contributed by atoms with Gasteiger partial charge in [-0.15, -0.1) is 0 Å². The summed E-state index contributed by atoms with van der Waals surface area (Å²) in [6.07, 6.45) is 16.7. The Labute approximate surface area is 210 Å². The van der Waals surface area contributed by atoms with Crippen molar-refractivity contribution >= 4 is 14.1 Å². The molecule has 8 heteroatoms. The topological polar surface area (TPSA) is 82.1 Å². The molecule has 0 aromatic carbocycles. The first-order chi connectivity index (χ1) is 16.1. The Balaban J connectivity index is 3.80. The summed E-state index contributed by atoms with van der Waals surface area (Å²) in [5.41, 5.74) is 0. The molecule has 0 saturated carbocycles. The third-order valence-corrected chi connectivity index (χ3v) is 7.34. The smallest absolute Gasteiger partial charge is 0.333 e. The zero-order chi connectivity index (χ0) is 25.7. The zero-order valence-corrected chi connectivity index (χ0v) is 23.7. The largest absolute Gasteiger partial charge is 0.460 e. The molecule has 0 bridgehead atoms. The molecule has 3 unspecified atom stereocenters. The van der Waals surface area contributed by atoms with Gasteiger partial charge in [0.25, 0.3) is 6.47 Å². The van der Waals surface area contributed by atoms with E-state index in [0.29, 0.717) is 30.0 Å².